The van der Waals surface area contributed by atoms with Crippen LogP contribution >= 0.6 is 0 Å². The summed E-state index contributed by atoms with van der Waals surface area (Å²) in [7, 11) is 1.90. The van der Waals surface area contributed by atoms with Gasteiger partial charge in [-0.2, -0.15) is 0 Å². The van der Waals surface area contributed by atoms with E-state index in [1.54, 1.807) is 6.33 Å². The third kappa shape index (κ3) is 2.59. The molecule has 0 bridgehead atoms. The van der Waals surface area contributed by atoms with Gasteiger partial charge in [-0.1, -0.05) is 19.8 Å². The molecule has 5 nitrogen and oxygen atoms in total. The van der Waals surface area contributed by atoms with Crippen LogP contribution in [0.1, 0.15) is 44.6 Å². The van der Waals surface area contributed by atoms with Crippen molar-refractivity contribution in [3.63, 3.8) is 0 Å². The minimum absolute atomic E-state index is 0.387. The number of rotatable bonds is 3. The van der Waals surface area contributed by atoms with E-state index in [2.05, 4.69) is 27.1 Å². The number of hydrogen-bond donors (Lipinski definition) is 2. The lowest BCUT2D eigenvalue weighted by Gasteiger charge is -2.48. The number of anilines is 2. The van der Waals surface area contributed by atoms with Gasteiger partial charge >= 0.3 is 0 Å². The van der Waals surface area contributed by atoms with Crippen LogP contribution in [0.5, 0.6) is 0 Å². The molecule has 0 aromatic carbocycles. The summed E-state index contributed by atoms with van der Waals surface area (Å²) in [5, 5.41) is 14.0. The Hall–Kier alpha value is -1.36. The molecule has 116 valence electrons. The maximum atomic E-state index is 10.8. The summed E-state index contributed by atoms with van der Waals surface area (Å²) in [6, 6.07) is 0. The van der Waals surface area contributed by atoms with Crippen molar-refractivity contribution in [1.29, 1.82) is 0 Å². The first kappa shape index (κ1) is 14.6. The van der Waals surface area contributed by atoms with Gasteiger partial charge in [0, 0.05) is 31.6 Å². The number of aliphatic hydroxyl groups is 1. The fourth-order valence-corrected chi connectivity index (χ4v) is 3.98. The van der Waals surface area contributed by atoms with Crippen molar-refractivity contribution >= 4 is 11.6 Å². The van der Waals surface area contributed by atoms with E-state index in [9.17, 15) is 5.11 Å². The highest BCUT2D eigenvalue weighted by atomic mass is 16.3. The molecule has 2 N–H and O–H groups in total. The molecule has 5 heteroatoms. The van der Waals surface area contributed by atoms with E-state index in [1.165, 1.54) is 18.4 Å². The Labute approximate surface area is 126 Å². The molecule has 0 amide bonds. The molecule has 1 aliphatic heterocycles. The second kappa shape index (κ2) is 5.79. The Morgan fingerprint density at radius 1 is 1.38 bits per heavy atom. The third-order valence-corrected chi connectivity index (χ3v) is 5.24. The molecule has 2 heterocycles. The van der Waals surface area contributed by atoms with Gasteiger partial charge in [-0.05, 0) is 25.7 Å². The standard InChI is InChI=1S/C16H26N4O/c1-3-13-14(17-2)18-11-19-15(13)20-9-8-16(21)7-5-4-6-12(16)10-20/h11-12,21H,3-10H2,1-2H3,(H,17,18,19). The Bertz CT molecular complexity index is 507. The number of fused-ring (bicyclic) bond motifs is 1. The molecule has 0 radical (unpaired) electrons. The summed E-state index contributed by atoms with van der Waals surface area (Å²) >= 11 is 0. The van der Waals surface area contributed by atoms with Crippen LogP contribution in [0.4, 0.5) is 11.6 Å². The zero-order valence-electron chi connectivity index (χ0n) is 13.1. The number of aromatic nitrogens is 2. The highest BCUT2D eigenvalue weighted by molar-refractivity contribution is 5.58. The normalized spacial score (nSPS) is 29.1. The fraction of sp³-hybridized carbons (Fsp3) is 0.750. The van der Waals surface area contributed by atoms with E-state index < -0.39 is 5.60 Å². The van der Waals surface area contributed by atoms with Crippen LogP contribution < -0.4 is 10.2 Å². The minimum atomic E-state index is -0.431. The Balaban J connectivity index is 1.85. The highest BCUT2D eigenvalue weighted by Gasteiger charge is 2.43. The predicted octanol–water partition coefficient (Wildman–Crippen LogP) is 2.21. The van der Waals surface area contributed by atoms with Crippen LogP contribution in [0.15, 0.2) is 6.33 Å². The van der Waals surface area contributed by atoms with E-state index in [4.69, 9.17) is 0 Å². The summed E-state index contributed by atoms with van der Waals surface area (Å²) in [5.41, 5.74) is 0.751. The molecule has 2 fully saturated rings. The van der Waals surface area contributed by atoms with Crippen LogP contribution in [0, 0.1) is 5.92 Å². The zero-order valence-corrected chi connectivity index (χ0v) is 13.1. The van der Waals surface area contributed by atoms with Gasteiger partial charge in [0.25, 0.3) is 0 Å². The molecule has 1 saturated heterocycles. The average Bonchev–Trinajstić information content (AvgIpc) is 2.53. The van der Waals surface area contributed by atoms with E-state index >= 15 is 0 Å². The number of hydrogen-bond acceptors (Lipinski definition) is 5. The summed E-state index contributed by atoms with van der Waals surface area (Å²) < 4.78 is 0. The summed E-state index contributed by atoms with van der Waals surface area (Å²) in [4.78, 5) is 11.2. The lowest BCUT2D eigenvalue weighted by molar-refractivity contribution is -0.0613. The Morgan fingerprint density at radius 3 is 3.00 bits per heavy atom. The molecular weight excluding hydrogens is 264 g/mol. The van der Waals surface area contributed by atoms with Crippen LogP contribution in [0.3, 0.4) is 0 Å². The molecule has 1 aromatic rings. The van der Waals surface area contributed by atoms with Gasteiger partial charge in [0.05, 0.1) is 5.60 Å². The predicted molar refractivity (Wildman–Crippen MR) is 84.7 cm³/mol. The molecule has 1 aliphatic carbocycles. The van der Waals surface area contributed by atoms with Crippen molar-refractivity contribution in [2.24, 2.45) is 5.92 Å². The second-order valence-corrected chi connectivity index (χ2v) is 6.37. The molecule has 0 spiro atoms. The summed E-state index contributed by atoms with van der Waals surface area (Å²) in [6.07, 6.45) is 7.94. The van der Waals surface area contributed by atoms with E-state index in [0.717, 1.165) is 50.4 Å². The fourth-order valence-electron chi connectivity index (χ4n) is 3.98. The van der Waals surface area contributed by atoms with Crippen molar-refractivity contribution in [2.75, 3.05) is 30.4 Å². The van der Waals surface area contributed by atoms with Gasteiger partial charge in [-0.15, -0.1) is 0 Å². The highest BCUT2D eigenvalue weighted by Crippen LogP contribution is 2.41. The first-order valence-corrected chi connectivity index (χ1v) is 8.17. The lowest BCUT2D eigenvalue weighted by atomic mass is 9.71. The second-order valence-electron chi connectivity index (χ2n) is 6.37. The van der Waals surface area contributed by atoms with Crippen LogP contribution in [-0.2, 0) is 6.42 Å². The topological polar surface area (TPSA) is 61.3 Å². The Morgan fingerprint density at radius 2 is 2.24 bits per heavy atom. The molecule has 1 saturated carbocycles. The summed E-state index contributed by atoms with van der Waals surface area (Å²) in [5.74, 6) is 2.36. The van der Waals surface area contributed by atoms with Crippen molar-refractivity contribution < 1.29 is 5.11 Å². The van der Waals surface area contributed by atoms with Crippen molar-refractivity contribution in [2.45, 2.75) is 51.0 Å². The van der Waals surface area contributed by atoms with Crippen LogP contribution in [0.2, 0.25) is 0 Å². The Kier molecular flexibility index (Phi) is 4.02. The number of nitrogens with one attached hydrogen (secondary N) is 1. The van der Waals surface area contributed by atoms with E-state index in [-0.39, 0.29) is 0 Å². The SMILES string of the molecule is CCc1c(NC)ncnc1N1CCC2(O)CCCCC2C1. The van der Waals surface area contributed by atoms with Crippen molar-refractivity contribution in [3.05, 3.63) is 11.9 Å². The van der Waals surface area contributed by atoms with Gasteiger partial charge in [-0.25, -0.2) is 9.97 Å². The van der Waals surface area contributed by atoms with Crippen molar-refractivity contribution in [3.8, 4) is 0 Å². The van der Waals surface area contributed by atoms with Gasteiger partial charge in [0.2, 0.25) is 0 Å². The van der Waals surface area contributed by atoms with Gasteiger partial charge in [0.15, 0.2) is 0 Å². The smallest absolute Gasteiger partial charge is 0.137 e. The minimum Gasteiger partial charge on any atom is -0.389 e. The number of nitrogens with zero attached hydrogens (tertiary/aromatic N) is 3. The van der Waals surface area contributed by atoms with E-state index in [1.807, 2.05) is 7.05 Å². The largest absolute Gasteiger partial charge is 0.389 e. The van der Waals surface area contributed by atoms with E-state index in [0.29, 0.717) is 5.92 Å². The quantitative estimate of drug-likeness (QED) is 0.894. The third-order valence-electron chi connectivity index (χ3n) is 5.24. The molecule has 2 atom stereocenters. The first-order valence-electron chi connectivity index (χ1n) is 8.17. The maximum Gasteiger partial charge on any atom is 0.137 e. The first-order chi connectivity index (χ1) is 10.2. The average molecular weight is 290 g/mol. The van der Waals surface area contributed by atoms with Gasteiger partial charge in [-0.3, -0.25) is 0 Å². The summed E-state index contributed by atoms with van der Waals surface area (Å²) in [6.45, 7) is 3.95. The maximum absolute atomic E-state index is 10.8. The molecule has 1 aromatic heterocycles. The molecule has 21 heavy (non-hydrogen) atoms. The monoisotopic (exact) mass is 290 g/mol. The van der Waals surface area contributed by atoms with Crippen LogP contribution in [0.25, 0.3) is 0 Å². The molecule has 2 unspecified atom stereocenters. The molecule has 3 rings (SSSR count). The van der Waals surface area contributed by atoms with Crippen LogP contribution in [-0.4, -0.2) is 40.8 Å². The van der Waals surface area contributed by atoms with Gasteiger partial charge < -0.3 is 15.3 Å². The molecular formula is C16H26N4O. The van der Waals surface area contributed by atoms with Crippen molar-refractivity contribution in [1.82, 2.24) is 9.97 Å². The molecule has 2 aliphatic rings. The van der Waals surface area contributed by atoms with Gasteiger partial charge in [0.1, 0.15) is 18.0 Å². The number of piperidine rings is 1. The lowest BCUT2D eigenvalue weighted by Crippen LogP contribution is -2.53. The zero-order chi connectivity index (χ0) is 14.9.